The van der Waals surface area contributed by atoms with Gasteiger partial charge in [0.2, 0.25) is 0 Å². The third-order valence-corrected chi connectivity index (χ3v) is 4.50. The molecule has 0 bridgehead atoms. The normalized spacial score (nSPS) is 10.4. The van der Waals surface area contributed by atoms with Crippen molar-refractivity contribution in [3.05, 3.63) is 90.0 Å². The summed E-state index contributed by atoms with van der Waals surface area (Å²) in [5.74, 6) is -0.0803. The Labute approximate surface area is 160 Å². The van der Waals surface area contributed by atoms with Crippen LogP contribution in [0.3, 0.4) is 0 Å². The summed E-state index contributed by atoms with van der Waals surface area (Å²) in [6.07, 6.45) is 6.22. The molecule has 138 valence electrons. The van der Waals surface area contributed by atoms with E-state index in [9.17, 15) is 4.79 Å². The second kappa shape index (κ2) is 8.94. The summed E-state index contributed by atoms with van der Waals surface area (Å²) >= 11 is 0. The van der Waals surface area contributed by atoms with Crippen molar-refractivity contribution >= 4 is 11.6 Å². The van der Waals surface area contributed by atoms with Crippen molar-refractivity contribution in [1.82, 2.24) is 14.9 Å². The van der Waals surface area contributed by atoms with Gasteiger partial charge in [0.05, 0.1) is 0 Å². The van der Waals surface area contributed by atoms with Crippen molar-refractivity contribution in [3.8, 4) is 0 Å². The first-order valence-corrected chi connectivity index (χ1v) is 8.99. The summed E-state index contributed by atoms with van der Waals surface area (Å²) in [5, 5.41) is 0. The van der Waals surface area contributed by atoms with Crippen LogP contribution in [0.2, 0.25) is 0 Å². The quantitative estimate of drug-likeness (QED) is 0.648. The van der Waals surface area contributed by atoms with E-state index < -0.39 is 0 Å². The van der Waals surface area contributed by atoms with Gasteiger partial charge >= 0.3 is 0 Å². The molecule has 0 spiro atoms. The van der Waals surface area contributed by atoms with Gasteiger partial charge in [-0.2, -0.15) is 0 Å². The summed E-state index contributed by atoms with van der Waals surface area (Å²) in [5.41, 5.74) is 3.78. The Kier molecular flexibility index (Phi) is 6.15. The number of hydrogen-bond acceptors (Lipinski definition) is 4. The Morgan fingerprint density at radius 3 is 2.41 bits per heavy atom. The Bertz CT molecular complexity index is 868. The van der Waals surface area contributed by atoms with Crippen LogP contribution in [0.25, 0.3) is 0 Å². The van der Waals surface area contributed by atoms with Crippen LogP contribution in [0.15, 0.2) is 73.2 Å². The predicted octanol–water partition coefficient (Wildman–Crippen LogP) is 3.43. The molecule has 3 rings (SSSR count). The van der Waals surface area contributed by atoms with E-state index in [1.807, 2.05) is 61.6 Å². The molecule has 0 saturated heterocycles. The third-order valence-electron chi connectivity index (χ3n) is 4.50. The molecule has 27 heavy (non-hydrogen) atoms. The van der Waals surface area contributed by atoms with Gasteiger partial charge in [0, 0.05) is 51.5 Å². The second-order valence-corrected chi connectivity index (χ2v) is 6.57. The minimum atomic E-state index is -0.0803. The molecule has 5 nitrogen and oxygen atoms in total. The Hall–Kier alpha value is -3.21. The lowest BCUT2D eigenvalue weighted by atomic mass is 10.2. The lowest BCUT2D eigenvalue weighted by molar-refractivity contribution is 0.0779. The zero-order chi connectivity index (χ0) is 19.1. The van der Waals surface area contributed by atoms with Crippen LogP contribution in [0.4, 0.5) is 5.69 Å². The fourth-order valence-electron chi connectivity index (χ4n) is 2.87. The Morgan fingerprint density at radius 2 is 1.67 bits per heavy atom. The van der Waals surface area contributed by atoms with Gasteiger partial charge in [0.15, 0.2) is 0 Å². The molecule has 2 aromatic heterocycles. The molecule has 0 radical (unpaired) electrons. The number of pyridine rings is 2. The standard InChI is InChI=1S/C22H24N4O/c1-25(15-11-18-8-12-23-13-9-18)20-10-14-24-21(16-20)22(27)26(2)17-19-6-4-3-5-7-19/h3-10,12-14,16H,11,15,17H2,1-2H3. The second-order valence-electron chi connectivity index (χ2n) is 6.57. The highest BCUT2D eigenvalue weighted by Crippen LogP contribution is 2.15. The fraction of sp³-hybridized carbons (Fsp3) is 0.227. The van der Waals surface area contributed by atoms with Gasteiger partial charge in [-0.05, 0) is 41.8 Å². The summed E-state index contributed by atoms with van der Waals surface area (Å²) in [6, 6.07) is 17.8. The van der Waals surface area contributed by atoms with Crippen LogP contribution in [-0.4, -0.2) is 41.4 Å². The van der Waals surface area contributed by atoms with E-state index in [0.717, 1.165) is 24.2 Å². The van der Waals surface area contributed by atoms with Crippen LogP contribution in [0.1, 0.15) is 21.6 Å². The summed E-state index contributed by atoms with van der Waals surface area (Å²) < 4.78 is 0. The van der Waals surface area contributed by atoms with Crippen molar-refractivity contribution in [3.63, 3.8) is 0 Å². The van der Waals surface area contributed by atoms with Gasteiger partial charge in [0.25, 0.3) is 5.91 Å². The molecule has 0 atom stereocenters. The predicted molar refractivity (Wildman–Crippen MR) is 108 cm³/mol. The van der Waals surface area contributed by atoms with Crippen molar-refractivity contribution in [2.45, 2.75) is 13.0 Å². The van der Waals surface area contributed by atoms with E-state index in [-0.39, 0.29) is 5.91 Å². The van der Waals surface area contributed by atoms with Crippen molar-refractivity contribution < 1.29 is 4.79 Å². The number of carbonyl (C=O) groups is 1. The maximum absolute atomic E-state index is 12.7. The number of likely N-dealkylation sites (N-methyl/N-ethyl adjacent to an activating group) is 1. The van der Waals surface area contributed by atoms with E-state index >= 15 is 0 Å². The largest absolute Gasteiger partial charge is 0.374 e. The highest BCUT2D eigenvalue weighted by atomic mass is 16.2. The van der Waals surface area contributed by atoms with Crippen LogP contribution in [0, 0.1) is 0 Å². The average molecular weight is 360 g/mol. The minimum Gasteiger partial charge on any atom is -0.374 e. The van der Waals surface area contributed by atoms with Crippen LogP contribution in [0.5, 0.6) is 0 Å². The molecule has 2 heterocycles. The fourth-order valence-corrected chi connectivity index (χ4v) is 2.87. The molecule has 5 heteroatoms. The smallest absolute Gasteiger partial charge is 0.272 e. The van der Waals surface area contributed by atoms with Crippen LogP contribution >= 0.6 is 0 Å². The van der Waals surface area contributed by atoms with Gasteiger partial charge in [-0.1, -0.05) is 30.3 Å². The van der Waals surface area contributed by atoms with Crippen LogP contribution < -0.4 is 4.90 Å². The highest BCUT2D eigenvalue weighted by molar-refractivity contribution is 5.93. The average Bonchev–Trinajstić information content (AvgIpc) is 2.73. The van der Waals surface area contributed by atoms with E-state index in [1.165, 1.54) is 5.56 Å². The lowest BCUT2D eigenvalue weighted by Gasteiger charge is -2.21. The molecular weight excluding hydrogens is 336 g/mol. The first-order chi connectivity index (χ1) is 13.1. The minimum absolute atomic E-state index is 0.0803. The molecule has 0 fully saturated rings. The highest BCUT2D eigenvalue weighted by Gasteiger charge is 2.15. The van der Waals surface area contributed by atoms with E-state index in [4.69, 9.17) is 0 Å². The van der Waals surface area contributed by atoms with Crippen molar-refractivity contribution in [2.75, 3.05) is 25.5 Å². The third kappa shape index (κ3) is 5.14. The first kappa shape index (κ1) is 18.6. The summed E-state index contributed by atoms with van der Waals surface area (Å²) in [7, 11) is 3.83. The molecule has 0 aliphatic rings. The number of hydrogen-bond donors (Lipinski definition) is 0. The van der Waals surface area contributed by atoms with E-state index in [2.05, 4.69) is 14.9 Å². The Morgan fingerprint density at radius 1 is 0.926 bits per heavy atom. The van der Waals surface area contributed by atoms with Crippen LogP contribution in [-0.2, 0) is 13.0 Å². The molecule has 0 unspecified atom stereocenters. The molecule has 1 aromatic carbocycles. The summed E-state index contributed by atoms with van der Waals surface area (Å²) in [4.78, 5) is 24.9. The Balaban J connectivity index is 1.64. The van der Waals surface area contributed by atoms with Gasteiger partial charge in [-0.15, -0.1) is 0 Å². The topological polar surface area (TPSA) is 49.3 Å². The van der Waals surface area contributed by atoms with E-state index in [0.29, 0.717) is 12.2 Å². The van der Waals surface area contributed by atoms with Crippen molar-refractivity contribution in [1.29, 1.82) is 0 Å². The number of benzene rings is 1. The van der Waals surface area contributed by atoms with Gasteiger partial charge in [0.1, 0.15) is 5.69 Å². The van der Waals surface area contributed by atoms with Gasteiger partial charge < -0.3 is 9.80 Å². The number of amides is 1. The number of nitrogens with zero attached hydrogens (tertiary/aromatic N) is 4. The first-order valence-electron chi connectivity index (χ1n) is 8.99. The maximum atomic E-state index is 12.7. The van der Waals surface area contributed by atoms with Gasteiger partial charge in [-0.3, -0.25) is 14.8 Å². The number of carbonyl (C=O) groups excluding carboxylic acids is 1. The number of rotatable bonds is 7. The molecular formula is C22H24N4O. The molecule has 3 aromatic rings. The monoisotopic (exact) mass is 360 g/mol. The molecule has 0 N–H and O–H groups in total. The zero-order valence-electron chi connectivity index (χ0n) is 15.7. The number of anilines is 1. The van der Waals surface area contributed by atoms with Crippen molar-refractivity contribution in [2.24, 2.45) is 0 Å². The molecule has 1 amide bonds. The lowest BCUT2D eigenvalue weighted by Crippen LogP contribution is -2.27. The zero-order valence-corrected chi connectivity index (χ0v) is 15.7. The molecule has 0 aliphatic carbocycles. The number of aromatic nitrogens is 2. The maximum Gasteiger partial charge on any atom is 0.272 e. The molecule has 0 aliphatic heterocycles. The van der Waals surface area contributed by atoms with Gasteiger partial charge in [-0.25, -0.2) is 0 Å². The van der Waals surface area contributed by atoms with E-state index in [1.54, 1.807) is 30.5 Å². The summed E-state index contributed by atoms with van der Waals surface area (Å²) in [6.45, 7) is 1.41. The SMILES string of the molecule is CN(Cc1ccccc1)C(=O)c1cc(N(C)CCc2ccncc2)ccn1. The molecule has 0 saturated carbocycles.